The zero-order chi connectivity index (χ0) is 24.6. The Morgan fingerprint density at radius 3 is 2.33 bits per heavy atom. The third-order valence-electron chi connectivity index (χ3n) is 4.92. The van der Waals surface area contributed by atoms with Crippen LogP contribution in [0, 0.1) is 0 Å². The van der Waals surface area contributed by atoms with Crippen molar-refractivity contribution in [2.45, 2.75) is 38.1 Å². The average Bonchev–Trinajstić information content (AvgIpc) is 3.17. The van der Waals surface area contributed by atoms with Gasteiger partial charge in [-0.15, -0.1) is 0 Å². The van der Waals surface area contributed by atoms with Gasteiger partial charge in [-0.2, -0.15) is 18.3 Å². The van der Waals surface area contributed by atoms with Crippen LogP contribution in [0.15, 0.2) is 41.5 Å². The Hall–Kier alpha value is -3.74. The van der Waals surface area contributed by atoms with Crippen LogP contribution < -0.4 is 16.4 Å². The van der Waals surface area contributed by atoms with Crippen molar-refractivity contribution < 1.29 is 27.9 Å². The molecular formula is C20H21F3N6O4. The lowest BCUT2D eigenvalue weighted by Crippen LogP contribution is -2.50. The van der Waals surface area contributed by atoms with E-state index < -0.39 is 41.4 Å². The van der Waals surface area contributed by atoms with E-state index in [0.29, 0.717) is 0 Å². The van der Waals surface area contributed by atoms with Gasteiger partial charge in [0.2, 0.25) is 11.5 Å². The number of aromatic nitrogens is 4. The van der Waals surface area contributed by atoms with Gasteiger partial charge in [-0.05, 0) is 19.9 Å². The van der Waals surface area contributed by atoms with Crippen molar-refractivity contribution in [1.82, 2.24) is 30.2 Å². The van der Waals surface area contributed by atoms with Crippen molar-refractivity contribution in [1.29, 1.82) is 0 Å². The number of aliphatic hydroxyl groups is 1. The van der Waals surface area contributed by atoms with E-state index >= 15 is 0 Å². The predicted molar refractivity (Wildman–Crippen MR) is 110 cm³/mol. The number of carbonyl (C=O) groups excluding carboxylic acids is 2. The zero-order valence-electron chi connectivity index (χ0n) is 17.8. The van der Waals surface area contributed by atoms with Gasteiger partial charge in [0.15, 0.2) is 11.5 Å². The number of aryl methyl sites for hydroxylation is 1. The van der Waals surface area contributed by atoms with E-state index in [1.807, 2.05) is 10.9 Å². The van der Waals surface area contributed by atoms with Crippen molar-refractivity contribution in [3.05, 3.63) is 58.5 Å². The lowest BCUT2D eigenvalue weighted by atomic mass is 9.97. The molecule has 3 N–H and O–H groups in total. The first kappa shape index (κ1) is 23.9. The smallest absolute Gasteiger partial charge is 0.374 e. The number of nitrogens with zero attached hydrogens (tertiary/aromatic N) is 4. The van der Waals surface area contributed by atoms with Gasteiger partial charge in [0.25, 0.3) is 11.5 Å². The Bertz CT molecular complexity index is 1270. The fourth-order valence-corrected chi connectivity index (χ4v) is 3.26. The summed E-state index contributed by atoms with van der Waals surface area (Å²) in [5.41, 5.74) is -0.382. The third-order valence-corrected chi connectivity index (χ3v) is 4.92. The SMILES string of the molecule is CC(C)n1nc(C(=O)NNC(=O)CC(O)(c2nccn2C)C(F)(F)F)c2ccccc2c1=O. The molecule has 0 aliphatic rings. The van der Waals surface area contributed by atoms with Crippen LogP contribution in [0.5, 0.6) is 0 Å². The third kappa shape index (κ3) is 4.44. The summed E-state index contributed by atoms with van der Waals surface area (Å²) in [7, 11) is 1.24. The van der Waals surface area contributed by atoms with E-state index in [0.717, 1.165) is 15.4 Å². The fourth-order valence-electron chi connectivity index (χ4n) is 3.26. The number of hydrogen-bond acceptors (Lipinski definition) is 6. The maximum atomic E-state index is 13.6. The normalized spacial score (nSPS) is 13.7. The first-order valence-corrected chi connectivity index (χ1v) is 9.74. The molecule has 0 saturated heterocycles. The minimum Gasteiger partial charge on any atom is -0.374 e. The van der Waals surface area contributed by atoms with Crippen LogP contribution >= 0.6 is 0 Å². The van der Waals surface area contributed by atoms with Gasteiger partial charge < -0.3 is 9.67 Å². The molecule has 3 aromatic rings. The Kier molecular flexibility index (Phi) is 6.27. The molecule has 10 nitrogen and oxygen atoms in total. The maximum absolute atomic E-state index is 13.6. The highest BCUT2D eigenvalue weighted by atomic mass is 19.4. The van der Waals surface area contributed by atoms with Crippen molar-refractivity contribution in [3.63, 3.8) is 0 Å². The highest BCUT2D eigenvalue weighted by Crippen LogP contribution is 2.40. The van der Waals surface area contributed by atoms with Crippen LogP contribution in [-0.2, 0) is 17.4 Å². The molecule has 0 aliphatic heterocycles. The van der Waals surface area contributed by atoms with E-state index in [4.69, 9.17) is 0 Å². The van der Waals surface area contributed by atoms with Crippen LogP contribution in [0.2, 0.25) is 0 Å². The molecule has 2 aromatic heterocycles. The summed E-state index contributed by atoms with van der Waals surface area (Å²) in [6.07, 6.45) is -4.45. The summed E-state index contributed by atoms with van der Waals surface area (Å²) in [5.74, 6) is -3.07. The van der Waals surface area contributed by atoms with Crippen LogP contribution in [0.3, 0.4) is 0 Å². The molecule has 0 spiro atoms. The second-order valence-electron chi connectivity index (χ2n) is 7.64. The number of halogens is 3. The number of hydrazine groups is 1. The van der Waals surface area contributed by atoms with Crippen LogP contribution in [-0.4, -0.2) is 42.4 Å². The summed E-state index contributed by atoms with van der Waals surface area (Å²) in [4.78, 5) is 41.0. The molecule has 33 heavy (non-hydrogen) atoms. The molecule has 13 heteroatoms. The molecule has 3 rings (SSSR count). The van der Waals surface area contributed by atoms with Gasteiger partial charge in [0.1, 0.15) is 0 Å². The Labute approximate surface area is 185 Å². The fraction of sp³-hybridized carbons (Fsp3) is 0.350. The molecule has 1 atom stereocenters. The Balaban J connectivity index is 1.85. The molecule has 0 saturated carbocycles. The van der Waals surface area contributed by atoms with E-state index in [1.165, 1.54) is 25.4 Å². The molecule has 0 bridgehead atoms. The number of fused-ring (bicyclic) bond motifs is 1. The van der Waals surface area contributed by atoms with Gasteiger partial charge >= 0.3 is 6.18 Å². The second-order valence-corrected chi connectivity index (χ2v) is 7.64. The van der Waals surface area contributed by atoms with Crippen LogP contribution in [0.25, 0.3) is 10.8 Å². The van der Waals surface area contributed by atoms with Crippen molar-refractivity contribution in [2.75, 3.05) is 0 Å². The highest BCUT2D eigenvalue weighted by molar-refractivity contribution is 6.05. The van der Waals surface area contributed by atoms with Gasteiger partial charge in [-0.3, -0.25) is 25.2 Å². The Morgan fingerprint density at radius 1 is 1.15 bits per heavy atom. The summed E-state index contributed by atoms with van der Waals surface area (Å²) in [6.45, 7) is 3.37. The molecule has 1 aromatic carbocycles. The van der Waals surface area contributed by atoms with E-state index in [9.17, 15) is 32.7 Å². The number of amides is 2. The van der Waals surface area contributed by atoms with Gasteiger partial charge in [0.05, 0.1) is 17.8 Å². The van der Waals surface area contributed by atoms with Crippen molar-refractivity contribution in [3.8, 4) is 0 Å². The number of hydrogen-bond donors (Lipinski definition) is 3. The van der Waals surface area contributed by atoms with Crippen LogP contribution in [0.4, 0.5) is 13.2 Å². The number of rotatable bonds is 5. The molecule has 0 radical (unpaired) electrons. The highest BCUT2D eigenvalue weighted by Gasteiger charge is 2.58. The quantitative estimate of drug-likeness (QED) is 0.486. The van der Waals surface area contributed by atoms with Crippen LogP contribution in [0.1, 0.15) is 42.6 Å². The monoisotopic (exact) mass is 466 g/mol. The van der Waals surface area contributed by atoms with E-state index in [1.54, 1.807) is 26.0 Å². The first-order chi connectivity index (χ1) is 15.4. The van der Waals surface area contributed by atoms with Crippen molar-refractivity contribution in [2.24, 2.45) is 7.05 Å². The van der Waals surface area contributed by atoms with E-state index in [-0.39, 0.29) is 22.5 Å². The number of nitrogens with one attached hydrogen (secondary N) is 2. The minimum absolute atomic E-state index is 0.200. The zero-order valence-corrected chi connectivity index (χ0v) is 17.8. The summed E-state index contributed by atoms with van der Waals surface area (Å²) >= 11 is 0. The summed E-state index contributed by atoms with van der Waals surface area (Å²) < 4.78 is 42.8. The maximum Gasteiger partial charge on any atom is 0.425 e. The number of benzene rings is 1. The lowest BCUT2D eigenvalue weighted by molar-refractivity contribution is -0.271. The predicted octanol–water partition coefficient (Wildman–Crippen LogP) is 1.31. The molecular weight excluding hydrogens is 445 g/mol. The summed E-state index contributed by atoms with van der Waals surface area (Å²) in [6, 6.07) is 5.78. The molecule has 0 fully saturated rings. The number of alkyl halides is 3. The largest absolute Gasteiger partial charge is 0.425 e. The van der Waals surface area contributed by atoms with Gasteiger partial charge in [-0.25, -0.2) is 9.67 Å². The Morgan fingerprint density at radius 2 is 1.79 bits per heavy atom. The van der Waals surface area contributed by atoms with Gasteiger partial charge in [-0.1, -0.05) is 18.2 Å². The average molecular weight is 466 g/mol. The number of imidazole rings is 1. The molecule has 2 amide bonds. The van der Waals surface area contributed by atoms with E-state index in [2.05, 4.69) is 10.1 Å². The minimum atomic E-state index is -5.22. The topological polar surface area (TPSA) is 131 Å². The van der Waals surface area contributed by atoms with Gasteiger partial charge in [0, 0.05) is 24.8 Å². The standard InChI is InChI=1S/C20H21F3N6O4/c1-11(2)29-17(32)13-7-5-4-6-12(13)15(27-29)16(31)26-25-14(30)10-19(33,20(21,22)23)18-24-8-9-28(18)3/h4-9,11,33H,10H2,1-3H3,(H,25,30)(H,26,31). The first-order valence-electron chi connectivity index (χ1n) is 9.74. The number of carbonyl (C=O) groups is 2. The van der Waals surface area contributed by atoms with Crippen molar-refractivity contribution >= 4 is 22.6 Å². The second kappa shape index (κ2) is 8.65. The molecule has 2 heterocycles. The molecule has 176 valence electrons. The molecule has 1 unspecified atom stereocenters. The summed E-state index contributed by atoms with van der Waals surface area (Å²) in [5, 5.41) is 14.7. The molecule has 0 aliphatic carbocycles. The lowest BCUT2D eigenvalue weighted by Gasteiger charge is -2.29.